The van der Waals surface area contributed by atoms with Crippen molar-refractivity contribution in [2.45, 2.75) is 20.0 Å². The number of hydrogen-bond acceptors (Lipinski definition) is 3. The Labute approximate surface area is 107 Å². The maximum Gasteiger partial charge on any atom is 0.325 e. The van der Waals surface area contributed by atoms with Gasteiger partial charge in [-0.05, 0) is 32.0 Å². The molecule has 0 saturated heterocycles. The van der Waals surface area contributed by atoms with Crippen molar-refractivity contribution in [1.82, 2.24) is 0 Å². The summed E-state index contributed by atoms with van der Waals surface area (Å²) in [4.78, 5) is 13.2. The number of carbonyl (C=O) groups is 1. The van der Waals surface area contributed by atoms with Gasteiger partial charge in [-0.25, -0.2) is 4.39 Å². The zero-order valence-corrected chi connectivity index (χ0v) is 10.9. The summed E-state index contributed by atoms with van der Waals surface area (Å²) < 4.78 is 18.1. The first kappa shape index (κ1) is 14.2. The van der Waals surface area contributed by atoms with Crippen molar-refractivity contribution in [1.29, 1.82) is 0 Å². The van der Waals surface area contributed by atoms with Crippen LogP contribution in [0.1, 0.15) is 19.4 Å². The topological polar surface area (TPSA) is 29.5 Å². The van der Waals surface area contributed by atoms with E-state index >= 15 is 0 Å². The molecule has 0 N–H and O–H groups in total. The van der Waals surface area contributed by atoms with Crippen LogP contribution in [-0.2, 0) is 9.53 Å². The van der Waals surface area contributed by atoms with E-state index in [2.05, 4.69) is 6.58 Å². The lowest BCUT2D eigenvalue weighted by Crippen LogP contribution is -2.29. The third-order valence-electron chi connectivity index (χ3n) is 2.35. The number of esters is 1. The molecule has 1 aromatic rings. The standard InChI is InChI=1S/C14H18FNO2/c1-5-11-8-12(15)6-7-13(11)16(4)9-14(17)18-10(2)3/h5-8,10H,1,9H2,2-4H3. The first-order chi connectivity index (χ1) is 8.43. The minimum Gasteiger partial charge on any atom is -0.462 e. The summed E-state index contributed by atoms with van der Waals surface area (Å²) in [5, 5.41) is 0. The van der Waals surface area contributed by atoms with E-state index in [0.717, 1.165) is 5.69 Å². The Morgan fingerprint density at radius 2 is 2.22 bits per heavy atom. The molecular weight excluding hydrogens is 233 g/mol. The van der Waals surface area contributed by atoms with Crippen LogP contribution < -0.4 is 4.90 Å². The van der Waals surface area contributed by atoms with E-state index in [4.69, 9.17) is 4.74 Å². The predicted octanol–water partition coefficient (Wildman–Crippen LogP) is 2.86. The number of carbonyl (C=O) groups excluding carboxylic acids is 1. The molecule has 18 heavy (non-hydrogen) atoms. The van der Waals surface area contributed by atoms with Crippen LogP contribution >= 0.6 is 0 Å². The molecule has 0 heterocycles. The average Bonchev–Trinajstić information content (AvgIpc) is 2.27. The molecule has 0 aromatic heterocycles. The molecular formula is C14H18FNO2. The van der Waals surface area contributed by atoms with Crippen LogP contribution in [0.15, 0.2) is 24.8 Å². The van der Waals surface area contributed by atoms with Gasteiger partial charge in [0.15, 0.2) is 0 Å². The number of rotatable bonds is 5. The van der Waals surface area contributed by atoms with Crippen LogP contribution in [0.5, 0.6) is 0 Å². The molecule has 1 rings (SSSR count). The molecule has 0 aliphatic carbocycles. The van der Waals surface area contributed by atoms with Crippen LogP contribution in [0, 0.1) is 5.82 Å². The van der Waals surface area contributed by atoms with Crippen molar-refractivity contribution < 1.29 is 13.9 Å². The van der Waals surface area contributed by atoms with Crippen LogP contribution in [-0.4, -0.2) is 25.7 Å². The highest BCUT2D eigenvalue weighted by molar-refractivity contribution is 5.78. The van der Waals surface area contributed by atoms with Crippen LogP contribution in [0.3, 0.4) is 0 Å². The number of nitrogens with zero attached hydrogens (tertiary/aromatic N) is 1. The van der Waals surface area contributed by atoms with Gasteiger partial charge in [0, 0.05) is 18.3 Å². The molecule has 3 nitrogen and oxygen atoms in total. The van der Waals surface area contributed by atoms with Gasteiger partial charge in [0.1, 0.15) is 12.4 Å². The summed E-state index contributed by atoms with van der Waals surface area (Å²) in [5.41, 5.74) is 1.39. The first-order valence-electron chi connectivity index (χ1n) is 5.76. The monoisotopic (exact) mass is 251 g/mol. The van der Waals surface area contributed by atoms with Gasteiger partial charge >= 0.3 is 5.97 Å². The van der Waals surface area contributed by atoms with E-state index < -0.39 is 0 Å². The van der Waals surface area contributed by atoms with Gasteiger partial charge in [-0.3, -0.25) is 4.79 Å². The fraction of sp³-hybridized carbons (Fsp3) is 0.357. The highest BCUT2D eigenvalue weighted by Crippen LogP contribution is 2.21. The molecule has 1 aromatic carbocycles. The lowest BCUT2D eigenvalue weighted by Gasteiger charge is -2.21. The number of ether oxygens (including phenoxy) is 1. The van der Waals surface area contributed by atoms with E-state index in [9.17, 15) is 9.18 Å². The number of hydrogen-bond donors (Lipinski definition) is 0. The minimum absolute atomic E-state index is 0.116. The van der Waals surface area contributed by atoms with Gasteiger partial charge in [0.05, 0.1) is 6.10 Å². The Morgan fingerprint density at radius 1 is 1.56 bits per heavy atom. The number of benzene rings is 1. The third kappa shape index (κ3) is 3.87. The van der Waals surface area contributed by atoms with Crippen molar-refractivity contribution in [3.8, 4) is 0 Å². The Morgan fingerprint density at radius 3 is 2.78 bits per heavy atom. The van der Waals surface area contributed by atoms with Crippen molar-refractivity contribution in [3.05, 3.63) is 36.2 Å². The quantitative estimate of drug-likeness (QED) is 0.754. The maximum atomic E-state index is 13.1. The lowest BCUT2D eigenvalue weighted by molar-refractivity contribution is -0.145. The molecule has 0 spiro atoms. The Hall–Kier alpha value is -1.84. The van der Waals surface area contributed by atoms with Crippen molar-refractivity contribution in [2.24, 2.45) is 0 Å². The third-order valence-corrected chi connectivity index (χ3v) is 2.35. The Kier molecular flexibility index (Phi) is 4.89. The summed E-state index contributed by atoms with van der Waals surface area (Å²) in [7, 11) is 1.75. The Balaban J connectivity index is 2.81. The zero-order valence-electron chi connectivity index (χ0n) is 10.9. The normalized spacial score (nSPS) is 10.3. The number of halogens is 1. The second kappa shape index (κ2) is 6.19. The number of likely N-dealkylation sites (N-methyl/N-ethyl adjacent to an activating group) is 1. The molecule has 0 bridgehead atoms. The van der Waals surface area contributed by atoms with Gasteiger partial charge in [-0.15, -0.1) is 0 Å². The van der Waals surface area contributed by atoms with Crippen LogP contribution in [0.4, 0.5) is 10.1 Å². The fourth-order valence-electron chi connectivity index (χ4n) is 1.62. The molecule has 98 valence electrons. The van der Waals surface area contributed by atoms with Gasteiger partial charge in [-0.1, -0.05) is 12.7 Å². The van der Waals surface area contributed by atoms with E-state index in [-0.39, 0.29) is 24.4 Å². The van der Waals surface area contributed by atoms with Gasteiger partial charge in [-0.2, -0.15) is 0 Å². The van der Waals surface area contributed by atoms with Crippen LogP contribution in [0.25, 0.3) is 6.08 Å². The van der Waals surface area contributed by atoms with Crippen molar-refractivity contribution in [3.63, 3.8) is 0 Å². The lowest BCUT2D eigenvalue weighted by atomic mass is 10.1. The molecule has 0 aliphatic rings. The van der Waals surface area contributed by atoms with Crippen molar-refractivity contribution >= 4 is 17.7 Å². The van der Waals surface area contributed by atoms with E-state index in [1.54, 1.807) is 37.9 Å². The van der Waals surface area contributed by atoms with Gasteiger partial charge in [0.25, 0.3) is 0 Å². The highest BCUT2D eigenvalue weighted by Gasteiger charge is 2.12. The molecule has 0 amide bonds. The molecule has 0 saturated carbocycles. The molecule has 0 fully saturated rings. The summed E-state index contributed by atoms with van der Waals surface area (Å²) in [6, 6.07) is 4.36. The Bertz CT molecular complexity index is 443. The second-order valence-electron chi connectivity index (χ2n) is 4.30. The average molecular weight is 251 g/mol. The molecule has 0 radical (unpaired) electrons. The predicted molar refractivity (Wildman–Crippen MR) is 71.0 cm³/mol. The van der Waals surface area contributed by atoms with E-state index in [1.165, 1.54) is 12.1 Å². The summed E-state index contributed by atoms with van der Waals surface area (Å²) in [6.45, 7) is 7.34. The van der Waals surface area contributed by atoms with Crippen molar-refractivity contribution in [2.75, 3.05) is 18.5 Å². The SMILES string of the molecule is C=Cc1cc(F)ccc1N(C)CC(=O)OC(C)C. The fourth-order valence-corrected chi connectivity index (χ4v) is 1.62. The maximum absolute atomic E-state index is 13.1. The molecule has 4 heteroatoms. The molecule has 0 atom stereocenters. The van der Waals surface area contributed by atoms with Crippen LogP contribution in [0.2, 0.25) is 0 Å². The minimum atomic E-state index is -0.327. The molecule has 0 aliphatic heterocycles. The zero-order chi connectivity index (χ0) is 13.7. The highest BCUT2D eigenvalue weighted by atomic mass is 19.1. The summed E-state index contributed by atoms with van der Waals surface area (Å²) in [5.74, 6) is -0.640. The smallest absolute Gasteiger partial charge is 0.325 e. The number of anilines is 1. The summed E-state index contributed by atoms with van der Waals surface area (Å²) >= 11 is 0. The van der Waals surface area contributed by atoms with Gasteiger partial charge < -0.3 is 9.64 Å². The molecule has 0 unspecified atom stereocenters. The summed E-state index contributed by atoms with van der Waals surface area (Å²) in [6.07, 6.45) is 1.42. The van der Waals surface area contributed by atoms with E-state index in [0.29, 0.717) is 5.56 Å². The first-order valence-corrected chi connectivity index (χ1v) is 5.76. The second-order valence-corrected chi connectivity index (χ2v) is 4.30. The van der Waals surface area contributed by atoms with Gasteiger partial charge in [0.2, 0.25) is 0 Å². The van der Waals surface area contributed by atoms with E-state index in [1.807, 2.05) is 0 Å². The largest absolute Gasteiger partial charge is 0.462 e.